The zero-order valence-corrected chi connectivity index (χ0v) is 5.59. The molecule has 0 heterocycles. The zero-order valence-electron chi connectivity index (χ0n) is 5.59. The Kier molecular flexibility index (Phi) is 17.7. The van der Waals surface area contributed by atoms with Crippen LogP contribution in [0.3, 0.4) is 0 Å². The second kappa shape index (κ2) is 10.2. The van der Waals surface area contributed by atoms with E-state index in [1.807, 2.05) is 36.4 Å². The van der Waals surface area contributed by atoms with Crippen LogP contribution in [-0.4, -0.2) is 0 Å². The van der Waals surface area contributed by atoms with E-state index >= 15 is 0 Å². The van der Waals surface area contributed by atoms with Gasteiger partial charge in [-0.2, -0.15) is 0 Å². The highest BCUT2D eigenvalue weighted by Crippen LogP contribution is 1.79. The lowest BCUT2D eigenvalue weighted by Crippen LogP contribution is -1.47. The minimum Gasteiger partial charge on any atom is -0.344 e. The van der Waals surface area contributed by atoms with E-state index in [-0.39, 0.29) is 18.5 Å². The second-order valence-electron chi connectivity index (χ2n) is 1.15. The summed E-state index contributed by atoms with van der Waals surface area (Å²) in [5, 5.41) is 0. The van der Waals surface area contributed by atoms with Crippen LogP contribution in [0.4, 0.5) is 0 Å². The Morgan fingerprint density at radius 3 is 0.556 bits per heavy atom. The van der Waals surface area contributed by atoms with Crippen molar-refractivity contribution in [1.29, 1.82) is 0 Å². The molecule has 0 saturated carbocycles. The standard InChI is InChI=1S/C6H6.3H3N/c1-2-4-6-5-3-1;;;/h1-6H;3*1H3. The summed E-state index contributed by atoms with van der Waals surface area (Å²) in [7, 11) is 0. The molecule has 1 rings (SSSR count). The fourth-order valence-electron chi connectivity index (χ4n) is 0.385. The molecule has 0 unspecified atom stereocenters. The molecule has 0 radical (unpaired) electrons. The van der Waals surface area contributed by atoms with E-state index in [0.717, 1.165) is 0 Å². The first-order valence-electron chi connectivity index (χ1n) is 2.00. The lowest BCUT2D eigenvalue weighted by molar-refractivity contribution is 1.72. The molecule has 1 aromatic carbocycles. The fraction of sp³-hybridized carbons (Fsp3) is 0. The van der Waals surface area contributed by atoms with Gasteiger partial charge in [0, 0.05) is 0 Å². The summed E-state index contributed by atoms with van der Waals surface area (Å²) in [4.78, 5) is 0. The highest BCUT2D eigenvalue weighted by atomic mass is 14.0. The normalized spacial score (nSPS) is 5.33. The van der Waals surface area contributed by atoms with E-state index in [9.17, 15) is 0 Å². The van der Waals surface area contributed by atoms with Gasteiger partial charge in [-0.15, -0.1) is 0 Å². The first kappa shape index (κ1) is 15.7. The molecule has 1 aromatic rings. The van der Waals surface area contributed by atoms with Crippen molar-refractivity contribution in [3.63, 3.8) is 0 Å². The van der Waals surface area contributed by atoms with Crippen LogP contribution in [0.25, 0.3) is 0 Å². The van der Waals surface area contributed by atoms with Crippen LogP contribution in [0.5, 0.6) is 0 Å². The van der Waals surface area contributed by atoms with Crippen molar-refractivity contribution in [3.05, 3.63) is 36.4 Å². The number of benzene rings is 1. The fourth-order valence-corrected chi connectivity index (χ4v) is 0.385. The molecule has 0 bridgehead atoms. The zero-order chi connectivity index (χ0) is 4.24. The topological polar surface area (TPSA) is 105 Å². The second-order valence-corrected chi connectivity index (χ2v) is 1.15. The molecule has 0 fully saturated rings. The van der Waals surface area contributed by atoms with E-state index in [2.05, 4.69) is 0 Å². The van der Waals surface area contributed by atoms with Crippen LogP contribution < -0.4 is 18.5 Å². The van der Waals surface area contributed by atoms with Gasteiger partial charge in [-0.05, 0) is 0 Å². The van der Waals surface area contributed by atoms with E-state index in [4.69, 9.17) is 0 Å². The summed E-state index contributed by atoms with van der Waals surface area (Å²) in [6.45, 7) is 0. The highest BCUT2D eigenvalue weighted by molar-refractivity contribution is 4.99. The molecule has 54 valence electrons. The molecule has 0 atom stereocenters. The predicted molar refractivity (Wildman–Crippen MR) is 41.5 cm³/mol. The maximum absolute atomic E-state index is 2.00. The SMILES string of the molecule is N.N.N.c1ccccc1. The third kappa shape index (κ3) is 7.10. The third-order valence-corrected chi connectivity index (χ3v) is 0.667. The van der Waals surface area contributed by atoms with E-state index in [0.29, 0.717) is 0 Å². The Balaban J connectivity index is -0.000000120. The number of hydrogen-bond donors (Lipinski definition) is 3. The molecule has 0 aromatic heterocycles. The van der Waals surface area contributed by atoms with Gasteiger partial charge in [-0.25, -0.2) is 0 Å². The van der Waals surface area contributed by atoms with Gasteiger partial charge in [-0.1, -0.05) is 36.4 Å². The van der Waals surface area contributed by atoms with Gasteiger partial charge in [0.05, 0.1) is 0 Å². The monoisotopic (exact) mass is 129 g/mol. The van der Waals surface area contributed by atoms with Crippen molar-refractivity contribution < 1.29 is 0 Å². The van der Waals surface area contributed by atoms with E-state index in [1.165, 1.54) is 0 Å². The molecular weight excluding hydrogens is 114 g/mol. The minimum absolute atomic E-state index is 0. The van der Waals surface area contributed by atoms with Gasteiger partial charge in [0.1, 0.15) is 0 Å². The van der Waals surface area contributed by atoms with Crippen molar-refractivity contribution >= 4 is 0 Å². The van der Waals surface area contributed by atoms with Crippen LogP contribution in [0.1, 0.15) is 0 Å². The average Bonchev–Trinajstić information content (AvgIpc) is 1.72. The van der Waals surface area contributed by atoms with Crippen molar-refractivity contribution in [2.75, 3.05) is 0 Å². The first-order valence-corrected chi connectivity index (χ1v) is 2.00. The van der Waals surface area contributed by atoms with Crippen LogP contribution >= 0.6 is 0 Å². The predicted octanol–water partition coefficient (Wildman–Crippen LogP) is 2.17. The molecular formula is C6H15N3. The van der Waals surface area contributed by atoms with Gasteiger partial charge in [0.15, 0.2) is 0 Å². The quantitative estimate of drug-likeness (QED) is 0.499. The summed E-state index contributed by atoms with van der Waals surface area (Å²) >= 11 is 0. The molecule has 9 heavy (non-hydrogen) atoms. The Labute approximate surface area is 55.8 Å². The Bertz CT molecular complexity index is 80.2. The van der Waals surface area contributed by atoms with Crippen molar-refractivity contribution in [3.8, 4) is 0 Å². The maximum atomic E-state index is 2.00. The molecule has 0 aliphatic heterocycles. The van der Waals surface area contributed by atoms with Crippen molar-refractivity contribution in [2.24, 2.45) is 0 Å². The molecule has 9 N–H and O–H groups in total. The highest BCUT2D eigenvalue weighted by Gasteiger charge is 1.57. The molecule has 0 amide bonds. The van der Waals surface area contributed by atoms with Crippen molar-refractivity contribution in [2.45, 2.75) is 0 Å². The number of rotatable bonds is 0. The summed E-state index contributed by atoms with van der Waals surface area (Å²) in [6, 6.07) is 12.0. The van der Waals surface area contributed by atoms with Crippen LogP contribution in [0.15, 0.2) is 36.4 Å². The van der Waals surface area contributed by atoms with Crippen LogP contribution in [-0.2, 0) is 0 Å². The third-order valence-electron chi connectivity index (χ3n) is 0.667. The Morgan fingerprint density at radius 1 is 0.333 bits per heavy atom. The molecule has 3 heteroatoms. The largest absolute Gasteiger partial charge is 0.344 e. The lowest BCUT2D eigenvalue weighted by atomic mass is 10.4. The molecule has 3 nitrogen and oxygen atoms in total. The number of hydrogen-bond acceptors (Lipinski definition) is 3. The van der Waals surface area contributed by atoms with E-state index in [1.54, 1.807) is 0 Å². The lowest BCUT2D eigenvalue weighted by Gasteiger charge is -1.69. The first-order chi connectivity index (χ1) is 3.00. The van der Waals surface area contributed by atoms with Crippen molar-refractivity contribution in [1.82, 2.24) is 18.5 Å². The summed E-state index contributed by atoms with van der Waals surface area (Å²) in [5.41, 5.74) is 0. The van der Waals surface area contributed by atoms with Gasteiger partial charge in [0.2, 0.25) is 0 Å². The maximum Gasteiger partial charge on any atom is -0.0623 e. The Morgan fingerprint density at radius 2 is 0.444 bits per heavy atom. The molecule has 0 aliphatic rings. The van der Waals surface area contributed by atoms with Gasteiger partial charge < -0.3 is 18.5 Å². The van der Waals surface area contributed by atoms with E-state index < -0.39 is 0 Å². The molecule has 0 spiro atoms. The summed E-state index contributed by atoms with van der Waals surface area (Å²) in [6.07, 6.45) is 0. The minimum atomic E-state index is 0. The van der Waals surface area contributed by atoms with Gasteiger partial charge in [0.25, 0.3) is 0 Å². The Hall–Kier alpha value is -0.900. The molecule has 0 aliphatic carbocycles. The van der Waals surface area contributed by atoms with Crippen LogP contribution in [0, 0.1) is 0 Å². The molecule has 0 saturated heterocycles. The van der Waals surface area contributed by atoms with Crippen LogP contribution in [0.2, 0.25) is 0 Å². The summed E-state index contributed by atoms with van der Waals surface area (Å²) in [5.74, 6) is 0. The summed E-state index contributed by atoms with van der Waals surface area (Å²) < 4.78 is 0. The smallest absolute Gasteiger partial charge is 0.0623 e. The van der Waals surface area contributed by atoms with Gasteiger partial charge in [-0.3, -0.25) is 0 Å². The van der Waals surface area contributed by atoms with Gasteiger partial charge >= 0.3 is 0 Å². The average molecular weight is 129 g/mol.